The molecule has 0 saturated heterocycles. The van der Waals surface area contributed by atoms with Crippen molar-refractivity contribution in [3.05, 3.63) is 138 Å². The average Bonchev–Trinajstić information content (AvgIpc) is 2.97. The predicted molar refractivity (Wildman–Crippen MR) is 165 cm³/mol. The monoisotopic (exact) mass is 506 g/mol. The summed E-state index contributed by atoms with van der Waals surface area (Å²) in [4.78, 5) is 12.4. The molecule has 0 amide bonds. The molecule has 38 heavy (non-hydrogen) atoms. The van der Waals surface area contributed by atoms with Crippen molar-refractivity contribution in [2.75, 3.05) is 7.11 Å². The molecule has 2 atom stereocenters. The predicted octanol–water partition coefficient (Wildman–Crippen LogP) is 10.2. The van der Waals surface area contributed by atoms with Crippen LogP contribution >= 0.6 is 0 Å². The lowest BCUT2D eigenvalue weighted by atomic mass is 9.92. The van der Waals surface area contributed by atoms with E-state index in [2.05, 4.69) is 64.3 Å². The Hall–Kier alpha value is -3.91. The highest BCUT2D eigenvalue weighted by atomic mass is 16.5. The maximum Gasteiger partial charge on any atom is 0.193 e. The molecule has 4 rings (SSSR count). The van der Waals surface area contributed by atoms with Gasteiger partial charge in [-0.3, -0.25) is 4.79 Å². The van der Waals surface area contributed by atoms with Gasteiger partial charge in [0.25, 0.3) is 0 Å². The number of ether oxygens (including phenoxy) is 1. The lowest BCUT2D eigenvalue weighted by molar-refractivity contribution is 0.103. The number of rotatable bonds is 7. The van der Waals surface area contributed by atoms with Gasteiger partial charge in [-0.15, -0.1) is 0 Å². The molecule has 0 heterocycles. The summed E-state index contributed by atoms with van der Waals surface area (Å²) in [6.07, 6.45) is 0. The van der Waals surface area contributed by atoms with Crippen LogP contribution in [0.5, 0.6) is 5.75 Å². The average molecular weight is 507 g/mol. The van der Waals surface area contributed by atoms with Crippen LogP contribution in [0, 0.1) is 0 Å². The first-order valence-corrected chi connectivity index (χ1v) is 13.3. The second kappa shape index (κ2) is 14.7. The number of allylic oxidation sites excluding steroid dienone is 2. The van der Waals surface area contributed by atoms with Gasteiger partial charge in [0.1, 0.15) is 5.75 Å². The maximum atomic E-state index is 12.4. The van der Waals surface area contributed by atoms with E-state index in [1.165, 1.54) is 21.9 Å². The van der Waals surface area contributed by atoms with Gasteiger partial charge in [0.2, 0.25) is 0 Å². The number of hydrogen-bond donors (Lipinski definition) is 0. The molecule has 0 aromatic heterocycles. The Morgan fingerprint density at radius 3 is 1.76 bits per heavy atom. The number of carbonyl (C=O) groups is 1. The fraction of sp³-hybridized carbons (Fsp3) is 0.250. The van der Waals surface area contributed by atoms with E-state index in [0.29, 0.717) is 5.92 Å². The zero-order valence-corrected chi connectivity index (χ0v) is 24.0. The van der Waals surface area contributed by atoms with E-state index in [9.17, 15) is 4.79 Å². The molecule has 198 valence electrons. The summed E-state index contributed by atoms with van der Waals surface area (Å²) in [7, 11) is 1.69. The Labute approximate surface area is 229 Å². The van der Waals surface area contributed by atoms with Gasteiger partial charge in [-0.25, -0.2) is 0 Å². The number of fused-ring (bicyclic) bond motifs is 1. The van der Waals surface area contributed by atoms with Gasteiger partial charge in [0.15, 0.2) is 5.78 Å². The first-order chi connectivity index (χ1) is 18.2. The lowest BCUT2D eigenvalue weighted by Gasteiger charge is -2.12. The van der Waals surface area contributed by atoms with Gasteiger partial charge in [-0.1, -0.05) is 125 Å². The number of benzene rings is 4. The third-order valence-corrected chi connectivity index (χ3v) is 6.73. The molecule has 2 nitrogen and oxygen atoms in total. The normalized spacial score (nSPS) is 11.7. The van der Waals surface area contributed by atoms with Crippen molar-refractivity contribution in [2.45, 2.75) is 53.4 Å². The van der Waals surface area contributed by atoms with Gasteiger partial charge in [0, 0.05) is 23.0 Å². The molecule has 0 fully saturated rings. The highest BCUT2D eigenvalue weighted by Gasteiger charge is 2.12. The molecule has 0 aliphatic rings. The highest BCUT2D eigenvalue weighted by molar-refractivity contribution is 6.09. The summed E-state index contributed by atoms with van der Waals surface area (Å²) in [5.41, 5.74) is 6.20. The van der Waals surface area contributed by atoms with Gasteiger partial charge in [-0.2, -0.15) is 0 Å². The fourth-order valence-electron chi connectivity index (χ4n) is 3.91. The first kappa shape index (κ1) is 30.3. The molecule has 0 radical (unpaired) electrons. The minimum atomic E-state index is 0.0661. The van der Waals surface area contributed by atoms with Crippen molar-refractivity contribution in [1.82, 2.24) is 0 Å². The van der Waals surface area contributed by atoms with Crippen LogP contribution in [0.3, 0.4) is 0 Å². The van der Waals surface area contributed by atoms with Crippen LogP contribution in [0.2, 0.25) is 0 Å². The van der Waals surface area contributed by atoms with Crippen molar-refractivity contribution in [3.63, 3.8) is 0 Å². The quantitative estimate of drug-likeness (QED) is 0.184. The molecule has 0 aliphatic heterocycles. The number of carbonyl (C=O) groups excluding carboxylic acids is 1. The van der Waals surface area contributed by atoms with Crippen LogP contribution in [0.4, 0.5) is 0 Å². The summed E-state index contributed by atoms with van der Waals surface area (Å²) < 4.78 is 5.22. The van der Waals surface area contributed by atoms with E-state index in [4.69, 9.17) is 4.74 Å². The SMILES string of the molecule is C=C(C)C(C)c1cccc(C(=O)c2ccccc2)c1.C=C(C)[C@@H](C)c1ccc2cc(OC)ccc2c1.CC. The summed E-state index contributed by atoms with van der Waals surface area (Å²) in [6, 6.07) is 29.9. The Bertz CT molecular complexity index is 1360. The van der Waals surface area contributed by atoms with E-state index in [1.807, 2.05) is 81.4 Å². The van der Waals surface area contributed by atoms with Gasteiger partial charge in [-0.05, 0) is 53.9 Å². The lowest BCUT2D eigenvalue weighted by Crippen LogP contribution is -2.03. The molecule has 2 heteroatoms. The topological polar surface area (TPSA) is 26.3 Å². The van der Waals surface area contributed by atoms with Crippen LogP contribution in [0.15, 0.2) is 115 Å². The van der Waals surface area contributed by atoms with Crippen molar-refractivity contribution < 1.29 is 9.53 Å². The van der Waals surface area contributed by atoms with Crippen LogP contribution in [0.25, 0.3) is 10.8 Å². The number of ketones is 1. The second-order valence-electron chi connectivity index (χ2n) is 9.43. The summed E-state index contributed by atoms with van der Waals surface area (Å²) in [5.74, 6) is 1.64. The maximum absolute atomic E-state index is 12.4. The fourth-order valence-corrected chi connectivity index (χ4v) is 3.91. The Balaban J connectivity index is 0.000000252. The summed E-state index contributed by atoms with van der Waals surface area (Å²) >= 11 is 0. The Morgan fingerprint density at radius 2 is 1.18 bits per heavy atom. The Kier molecular flexibility index (Phi) is 11.8. The number of hydrogen-bond acceptors (Lipinski definition) is 2. The number of methoxy groups -OCH3 is 1. The largest absolute Gasteiger partial charge is 0.497 e. The molecule has 4 aromatic carbocycles. The van der Waals surface area contributed by atoms with Gasteiger partial charge < -0.3 is 4.74 Å². The van der Waals surface area contributed by atoms with Crippen molar-refractivity contribution in [3.8, 4) is 5.75 Å². The van der Waals surface area contributed by atoms with Crippen LogP contribution < -0.4 is 4.74 Å². The van der Waals surface area contributed by atoms with Crippen LogP contribution in [-0.2, 0) is 0 Å². The van der Waals surface area contributed by atoms with Crippen molar-refractivity contribution in [2.24, 2.45) is 0 Å². The zero-order chi connectivity index (χ0) is 28.2. The molecule has 0 N–H and O–H groups in total. The molecule has 0 spiro atoms. The zero-order valence-electron chi connectivity index (χ0n) is 24.0. The van der Waals surface area contributed by atoms with E-state index < -0.39 is 0 Å². The second-order valence-corrected chi connectivity index (χ2v) is 9.43. The molecular weight excluding hydrogens is 464 g/mol. The van der Waals surface area contributed by atoms with Gasteiger partial charge >= 0.3 is 0 Å². The summed E-state index contributed by atoms with van der Waals surface area (Å²) in [5, 5.41) is 2.46. The Morgan fingerprint density at radius 1 is 0.658 bits per heavy atom. The van der Waals surface area contributed by atoms with E-state index >= 15 is 0 Å². The molecule has 1 unspecified atom stereocenters. The van der Waals surface area contributed by atoms with E-state index in [0.717, 1.165) is 28.0 Å². The standard InChI is InChI=1S/C18H18O.C16H18O.C2H6/c1-13(2)14(3)16-10-7-11-17(12-16)18(19)15-8-5-4-6-9-15;1-11(2)12(3)13-5-6-15-10-16(17-4)8-7-14(15)9-13;1-2/h4-12,14H,1H2,2-3H3;5-10,12H,1H2,2-4H3;1-2H3/t;12-;/m.1./s1. The molecule has 4 aromatic rings. The van der Waals surface area contributed by atoms with E-state index in [1.54, 1.807) is 7.11 Å². The van der Waals surface area contributed by atoms with Crippen molar-refractivity contribution >= 4 is 16.6 Å². The summed E-state index contributed by atoms with van der Waals surface area (Å²) in [6.45, 7) is 20.4. The first-order valence-electron chi connectivity index (χ1n) is 13.3. The smallest absolute Gasteiger partial charge is 0.193 e. The molecule has 0 aliphatic carbocycles. The third-order valence-electron chi connectivity index (χ3n) is 6.73. The van der Waals surface area contributed by atoms with Crippen molar-refractivity contribution in [1.29, 1.82) is 0 Å². The highest BCUT2D eigenvalue weighted by Crippen LogP contribution is 2.28. The van der Waals surface area contributed by atoms with Crippen LogP contribution in [-0.4, -0.2) is 12.9 Å². The minimum absolute atomic E-state index is 0.0661. The van der Waals surface area contributed by atoms with Gasteiger partial charge in [0.05, 0.1) is 7.11 Å². The molecular formula is C36H42O2. The van der Waals surface area contributed by atoms with E-state index in [-0.39, 0.29) is 11.7 Å². The third kappa shape index (κ3) is 8.05. The molecule has 0 bridgehead atoms. The molecule has 0 saturated carbocycles. The minimum Gasteiger partial charge on any atom is -0.497 e. The van der Waals surface area contributed by atoms with Crippen LogP contribution in [0.1, 0.15) is 80.4 Å².